The van der Waals surface area contributed by atoms with Crippen molar-refractivity contribution in [3.63, 3.8) is 0 Å². The number of hydrogen-bond donors (Lipinski definition) is 1. The highest BCUT2D eigenvalue weighted by molar-refractivity contribution is 5.90. The van der Waals surface area contributed by atoms with Crippen molar-refractivity contribution in [3.8, 4) is 0 Å². The average molecular weight is 282 g/mol. The Hall–Kier alpha value is -1.59. The maximum atomic E-state index is 12.5. The first kappa shape index (κ1) is 14.8. The summed E-state index contributed by atoms with van der Waals surface area (Å²) in [5.41, 5.74) is 0. The highest BCUT2D eigenvalue weighted by Crippen LogP contribution is 2.33. The molecule has 1 heterocycles. The van der Waals surface area contributed by atoms with E-state index in [9.17, 15) is 14.4 Å². The number of likely N-dealkylation sites (tertiary alicyclic amines) is 1. The monoisotopic (exact) mass is 282 g/mol. The summed E-state index contributed by atoms with van der Waals surface area (Å²) in [5, 5.41) is 8.84. The van der Waals surface area contributed by atoms with Crippen molar-refractivity contribution in [3.05, 3.63) is 0 Å². The predicted octanol–water partition coefficient (Wildman–Crippen LogP) is 0.709. The van der Waals surface area contributed by atoms with Crippen LogP contribution in [0.5, 0.6) is 0 Å². The van der Waals surface area contributed by atoms with Crippen molar-refractivity contribution in [2.45, 2.75) is 51.6 Å². The Balaban J connectivity index is 1.98. The minimum atomic E-state index is -0.911. The molecule has 2 atom stereocenters. The third-order valence-corrected chi connectivity index (χ3v) is 4.12. The van der Waals surface area contributed by atoms with E-state index in [0.717, 1.165) is 12.8 Å². The maximum Gasteiger partial charge on any atom is 0.305 e. The van der Waals surface area contributed by atoms with Crippen LogP contribution in [0.4, 0.5) is 0 Å². The van der Waals surface area contributed by atoms with Gasteiger partial charge in [0.2, 0.25) is 11.8 Å². The fraction of sp³-hybridized carbons (Fsp3) is 0.786. The SMILES string of the molecule is CCN(C(=O)C1CC(=O)N(C2CC2)C1)C(C)CC(=O)O. The summed E-state index contributed by atoms with van der Waals surface area (Å²) in [7, 11) is 0. The summed E-state index contributed by atoms with van der Waals surface area (Å²) in [6.45, 7) is 4.55. The van der Waals surface area contributed by atoms with Crippen LogP contribution in [-0.4, -0.2) is 57.9 Å². The predicted molar refractivity (Wildman–Crippen MR) is 71.9 cm³/mol. The van der Waals surface area contributed by atoms with Gasteiger partial charge in [-0.25, -0.2) is 0 Å². The lowest BCUT2D eigenvalue weighted by Gasteiger charge is -2.29. The molecule has 0 aromatic heterocycles. The molecule has 2 rings (SSSR count). The second-order valence-electron chi connectivity index (χ2n) is 5.75. The van der Waals surface area contributed by atoms with E-state index in [4.69, 9.17) is 5.11 Å². The van der Waals surface area contributed by atoms with Gasteiger partial charge in [-0.05, 0) is 26.7 Å². The maximum absolute atomic E-state index is 12.5. The van der Waals surface area contributed by atoms with Crippen molar-refractivity contribution in [1.29, 1.82) is 0 Å². The summed E-state index contributed by atoms with van der Waals surface area (Å²) in [4.78, 5) is 38.6. The van der Waals surface area contributed by atoms with Crippen LogP contribution in [0.3, 0.4) is 0 Å². The van der Waals surface area contributed by atoms with E-state index in [-0.39, 0.29) is 36.6 Å². The van der Waals surface area contributed by atoms with Gasteiger partial charge in [-0.15, -0.1) is 0 Å². The fourth-order valence-electron chi connectivity index (χ4n) is 2.92. The molecular formula is C14H22N2O4. The van der Waals surface area contributed by atoms with Gasteiger partial charge < -0.3 is 14.9 Å². The number of carboxylic acids is 1. The summed E-state index contributed by atoms with van der Waals surface area (Å²) >= 11 is 0. The minimum Gasteiger partial charge on any atom is -0.481 e. The molecule has 6 heteroatoms. The Morgan fingerprint density at radius 3 is 2.60 bits per heavy atom. The fourth-order valence-corrected chi connectivity index (χ4v) is 2.92. The number of carbonyl (C=O) groups excluding carboxylic acids is 2. The van der Waals surface area contributed by atoms with E-state index in [1.54, 1.807) is 11.8 Å². The molecule has 0 bridgehead atoms. The van der Waals surface area contributed by atoms with Crippen LogP contribution in [0.1, 0.15) is 39.5 Å². The van der Waals surface area contributed by atoms with Crippen LogP contribution in [0.15, 0.2) is 0 Å². The molecule has 1 N–H and O–H groups in total. The molecule has 1 aliphatic heterocycles. The molecule has 1 saturated carbocycles. The van der Waals surface area contributed by atoms with E-state index in [1.807, 2.05) is 11.8 Å². The Morgan fingerprint density at radius 2 is 2.10 bits per heavy atom. The molecule has 2 amide bonds. The normalized spacial score (nSPS) is 23.8. The summed E-state index contributed by atoms with van der Waals surface area (Å²) in [6.07, 6.45) is 2.29. The van der Waals surface area contributed by atoms with Crippen molar-refractivity contribution < 1.29 is 19.5 Å². The summed E-state index contributed by atoms with van der Waals surface area (Å²) in [6, 6.07) is 0.00176. The van der Waals surface area contributed by atoms with Gasteiger partial charge in [-0.1, -0.05) is 0 Å². The van der Waals surface area contributed by atoms with E-state index in [1.165, 1.54) is 0 Å². The standard InChI is InChI=1S/C14H22N2O4/c1-3-15(9(2)6-13(18)19)14(20)10-7-12(17)16(8-10)11-4-5-11/h9-11H,3-8H2,1-2H3,(H,18,19). The first-order chi connectivity index (χ1) is 9.43. The Morgan fingerprint density at radius 1 is 1.45 bits per heavy atom. The Bertz CT molecular complexity index is 419. The largest absolute Gasteiger partial charge is 0.481 e. The smallest absolute Gasteiger partial charge is 0.305 e. The lowest BCUT2D eigenvalue weighted by atomic mass is 10.1. The number of nitrogens with zero attached hydrogens (tertiary/aromatic N) is 2. The lowest BCUT2D eigenvalue weighted by molar-refractivity contribution is -0.142. The van der Waals surface area contributed by atoms with Gasteiger partial charge in [0.1, 0.15) is 0 Å². The van der Waals surface area contributed by atoms with Gasteiger partial charge >= 0.3 is 5.97 Å². The molecular weight excluding hydrogens is 260 g/mol. The second-order valence-corrected chi connectivity index (χ2v) is 5.75. The van der Waals surface area contributed by atoms with Crippen LogP contribution in [0, 0.1) is 5.92 Å². The van der Waals surface area contributed by atoms with Crippen molar-refractivity contribution in [1.82, 2.24) is 9.80 Å². The first-order valence-electron chi connectivity index (χ1n) is 7.25. The van der Waals surface area contributed by atoms with Crippen LogP contribution in [-0.2, 0) is 14.4 Å². The zero-order valence-corrected chi connectivity index (χ0v) is 12.0. The zero-order chi connectivity index (χ0) is 14.9. The number of carboxylic acid groups (broad SMARTS) is 1. The van der Waals surface area contributed by atoms with Gasteiger partial charge in [0.05, 0.1) is 12.3 Å². The first-order valence-corrected chi connectivity index (χ1v) is 7.25. The van der Waals surface area contributed by atoms with Crippen LogP contribution >= 0.6 is 0 Å². The van der Waals surface area contributed by atoms with Gasteiger partial charge in [-0.2, -0.15) is 0 Å². The molecule has 2 unspecified atom stereocenters. The third-order valence-electron chi connectivity index (χ3n) is 4.12. The summed E-state index contributed by atoms with van der Waals surface area (Å²) < 4.78 is 0. The van der Waals surface area contributed by atoms with Gasteiger partial charge in [-0.3, -0.25) is 14.4 Å². The molecule has 6 nitrogen and oxygen atoms in total. The zero-order valence-electron chi connectivity index (χ0n) is 12.0. The van der Waals surface area contributed by atoms with Gasteiger partial charge in [0.15, 0.2) is 0 Å². The average Bonchev–Trinajstić information content (AvgIpc) is 3.12. The van der Waals surface area contributed by atoms with Crippen LogP contribution in [0.2, 0.25) is 0 Å². The highest BCUT2D eigenvalue weighted by atomic mass is 16.4. The molecule has 20 heavy (non-hydrogen) atoms. The molecule has 0 radical (unpaired) electrons. The molecule has 1 aliphatic carbocycles. The highest BCUT2D eigenvalue weighted by Gasteiger charge is 2.43. The van der Waals surface area contributed by atoms with Crippen LogP contribution in [0.25, 0.3) is 0 Å². The van der Waals surface area contributed by atoms with Crippen LogP contribution < -0.4 is 0 Å². The molecule has 0 spiro atoms. The van der Waals surface area contributed by atoms with Gasteiger partial charge in [0.25, 0.3) is 0 Å². The number of aliphatic carboxylic acids is 1. The van der Waals surface area contributed by atoms with E-state index >= 15 is 0 Å². The lowest BCUT2D eigenvalue weighted by Crippen LogP contribution is -2.43. The summed E-state index contributed by atoms with van der Waals surface area (Å²) in [5.74, 6) is -1.24. The van der Waals surface area contributed by atoms with E-state index in [0.29, 0.717) is 19.1 Å². The second kappa shape index (κ2) is 5.81. The number of amides is 2. The van der Waals surface area contributed by atoms with E-state index in [2.05, 4.69) is 0 Å². The van der Waals surface area contributed by atoms with Crippen molar-refractivity contribution >= 4 is 17.8 Å². The topological polar surface area (TPSA) is 77.9 Å². The molecule has 2 fully saturated rings. The number of carbonyl (C=O) groups is 3. The molecule has 0 aromatic carbocycles. The molecule has 2 aliphatic rings. The quantitative estimate of drug-likeness (QED) is 0.778. The Labute approximate surface area is 118 Å². The van der Waals surface area contributed by atoms with Crippen molar-refractivity contribution in [2.75, 3.05) is 13.1 Å². The number of hydrogen-bond acceptors (Lipinski definition) is 3. The van der Waals surface area contributed by atoms with Crippen molar-refractivity contribution in [2.24, 2.45) is 5.92 Å². The van der Waals surface area contributed by atoms with E-state index < -0.39 is 5.97 Å². The molecule has 1 saturated heterocycles. The minimum absolute atomic E-state index is 0.0628. The molecule has 112 valence electrons. The molecule has 0 aromatic rings. The third kappa shape index (κ3) is 3.11. The Kier molecular flexibility index (Phi) is 4.30. The number of rotatable bonds is 6. The van der Waals surface area contributed by atoms with Gasteiger partial charge in [0, 0.05) is 31.6 Å².